The molecule has 4 bridgehead atoms. The Bertz CT molecular complexity index is 1020. The Morgan fingerprint density at radius 2 is 1.85 bits per heavy atom. The van der Waals surface area contributed by atoms with Crippen LogP contribution in [0.2, 0.25) is 0 Å². The number of nitrogens with two attached hydrogens (primary N) is 1. The van der Waals surface area contributed by atoms with E-state index in [9.17, 15) is 20.0 Å². The molecule has 0 spiro atoms. The third-order valence-corrected chi connectivity index (χ3v) is 9.36. The van der Waals surface area contributed by atoms with Crippen molar-refractivity contribution in [2.24, 2.45) is 28.9 Å². The molecule has 6 fully saturated rings. The molecule has 34 heavy (non-hydrogen) atoms. The molecule has 7 rings (SSSR count). The molecule has 0 aromatic heterocycles. The van der Waals surface area contributed by atoms with Crippen molar-refractivity contribution in [2.75, 3.05) is 0 Å². The second-order valence-electron chi connectivity index (χ2n) is 12.0. The maximum absolute atomic E-state index is 14.1. The maximum Gasteiger partial charge on any atom is 0.247 e. The van der Waals surface area contributed by atoms with Gasteiger partial charge in [0, 0.05) is 11.5 Å². The number of fused-ring (bicyclic) bond motifs is 1. The summed E-state index contributed by atoms with van der Waals surface area (Å²) in [6.07, 6.45) is 6.98. The van der Waals surface area contributed by atoms with Crippen molar-refractivity contribution in [3.8, 4) is 6.07 Å². The molecule has 4 N–H and O–H groups in total. The van der Waals surface area contributed by atoms with Gasteiger partial charge in [-0.25, -0.2) is 0 Å². The lowest BCUT2D eigenvalue weighted by Gasteiger charge is -2.62. The van der Waals surface area contributed by atoms with E-state index in [1.54, 1.807) is 4.90 Å². The van der Waals surface area contributed by atoms with Crippen molar-refractivity contribution in [3.63, 3.8) is 0 Å². The molecule has 1 aromatic carbocycles. The van der Waals surface area contributed by atoms with Crippen LogP contribution in [0.3, 0.4) is 0 Å². The summed E-state index contributed by atoms with van der Waals surface area (Å²) in [5.41, 5.74) is 6.08. The predicted octanol–water partition coefficient (Wildman–Crippen LogP) is 1.89. The zero-order chi connectivity index (χ0) is 23.7. The van der Waals surface area contributed by atoms with E-state index in [1.165, 1.54) is 0 Å². The van der Waals surface area contributed by atoms with Gasteiger partial charge in [0.15, 0.2) is 0 Å². The first-order chi connectivity index (χ1) is 16.3. The first kappa shape index (κ1) is 22.1. The molecular formula is C27H34N4O3. The Balaban J connectivity index is 1.29. The molecule has 1 saturated heterocycles. The molecule has 0 radical (unpaired) electrons. The van der Waals surface area contributed by atoms with E-state index >= 15 is 0 Å². The second-order valence-corrected chi connectivity index (χ2v) is 12.0. The molecule has 7 nitrogen and oxygen atoms in total. The zero-order valence-corrected chi connectivity index (χ0v) is 19.5. The number of rotatable bonds is 6. The van der Waals surface area contributed by atoms with Crippen LogP contribution in [0.15, 0.2) is 30.3 Å². The lowest BCUT2D eigenvalue weighted by molar-refractivity contribution is -0.182. The third kappa shape index (κ3) is 3.63. The minimum Gasteiger partial charge on any atom is -0.390 e. The summed E-state index contributed by atoms with van der Waals surface area (Å²) in [6.45, 7) is 0. The molecule has 2 amide bonds. The predicted molar refractivity (Wildman–Crippen MR) is 125 cm³/mol. The van der Waals surface area contributed by atoms with Crippen LogP contribution in [0, 0.1) is 34.5 Å². The van der Waals surface area contributed by atoms with Crippen molar-refractivity contribution in [2.45, 2.75) is 87.6 Å². The first-order valence-electron chi connectivity index (χ1n) is 12.8. The molecule has 7 atom stereocenters. The van der Waals surface area contributed by atoms with Gasteiger partial charge in [0.1, 0.15) is 12.1 Å². The van der Waals surface area contributed by atoms with Gasteiger partial charge in [0.05, 0.1) is 17.7 Å². The van der Waals surface area contributed by atoms with Crippen LogP contribution in [0.25, 0.3) is 0 Å². The SMILES string of the molecule is N#CC1CC2CC2N1C(=O)C(NC(=O)C(N)Cc1ccccc1)C12CC3CC(CC(O)(C3)C1)C2. The van der Waals surface area contributed by atoms with Crippen LogP contribution in [0.5, 0.6) is 0 Å². The standard InChI is InChI=1S/C27H34N4O3/c28-14-20-8-19-9-22(19)31(20)25(33)23(30-24(32)21(29)7-16-4-2-1-3-5-16)26-10-17-6-18(11-26)13-27(34,12-17)15-26/h1-5,17-23,34H,6-13,15,29H2,(H,30,32). The lowest BCUT2D eigenvalue weighted by atomic mass is 9.46. The van der Waals surface area contributed by atoms with Gasteiger partial charge in [-0.3, -0.25) is 9.59 Å². The highest BCUT2D eigenvalue weighted by Gasteiger charge is 2.63. The summed E-state index contributed by atoms with van der Waals surface area (Å²) in [7, 11) is 0. The van der Waals surface area contributed by atoms with Gasteiger partial charge in [0.2, 0.25) is 11.8 Å². The third-order valence-electron chi connectivity index (χ3n) is 9.36. The molecule has 7 heteroatoms. The lowest BCUT2D eigenvalue weighted by Crippen LogP contribution is -2.67. The van der Waals surface area contributed by atoms with Gasteiger partial charge in [-0.1, -0.05) is 30.3 Å². The van der Waals surface area contributed by atoms with Crippen LogP contribution in [-0.4, -0.2) is 51.6 Å². The normalized spacial score (nSPS) is 40.9. The average molecular weight is 463 g/mol. The van der Waals surface area contributed by atoms with Gasteiger partial charge in [0.25, 0.3) is 0 Å². The number of nitrogens with zero attached hydrogens (tertiary/aromatic N) is 2. The Labute approximate surface area is 200 Å². The first-order valence-corrected chi connectivity index (χ1v) is 12.8. The number of carbonyl (C=O) groups excluding carboxylic acids is 2. The highest BCUT2D eigenvalue weighted by Crippen LogP contribution is 2.63. The summed E-state index contributed by atoms with van der Waals surface area (Å²) in [5.74, 6) is 0.712. The summed E-state index contributed by atoms with van der Waals surface area (Å²) in [4.78, 5) is 29.2. The topological polar surface area (TPSA) is 119 Å². The highest BCUT2D eigenvalue weighted by atomic mass is 16.3. The number of aliphatic hydroxyl groups is 1. The summed E-state index contributed by atoms with van der Waals surface area (Å²) >= 11 is 0. The van der Waals surface area contributed by atoms with Crippen molar-refractivity contribution in [1.82, 2.24) is 10.2 Å². The van der Waals surface area contributed by atoms with E-state index in [1.807, 2.05) is 30.3 Å². The molecule has 5 aliphatic carbocycles. The molecular weight excluding hydrogens is 428 g/mol. The molecule has 7 unspecified atom stereocenters. The van der Waals surface area contributed by atoms with Crippen LogP contribution in [-0.2, 0) is 16.0 Å². The van der Waals surface area contributed by atoms with Gasteiger partial charge >= 0.3 is 0 Å². The summed E-state index contributed by atoms with van der Waals surface area (Å²) in [6, 6.07) is 10.2. The quantitative estimate of drug-likeness (QED) is 0.596. The largest absolute Gasteiger partial charge is 0.390 e. The van der Waals surface area contributed by atoms with E-state index in [-0.39, 0.29) is 17.9 Å². The number of carbonyl (C=O) groups is 2. The van der Waals surface area contributed by atoms with Crippen LogP contribution in [0.1, 0.15) is 56.9 Å². The van der Waals surface area contributed by atoms with Gasteiger partial charge in [-0.2, -0.15) is 5.26 Å². The van der Waals surface area contributed by atoms with Crippen molar-refractivity contribution in [1.29, 1.82) is 5.26 Å². The molecule has 1 heterocycles. The molecule has 180 valence electrons. The minimum absolute atomic E-state index is 0.117. The fourth-order valence-corrected chi connectivity index (χ4v) is 8.35. The fraction of sp³-hybridized carbons (Fsp3) is 0.667. The second kappa shape index (κ2) is 7.79. The van der Waals surface area contributed by atoms with Crippen molar-refractivity contribution in [3.05, 3.63) is 35.9 Å². The van der Waals surface area contributed by atoms with E-state index in [0.717, 1.165) is 50.5 Å². The Hall–Kier alpha value is -2.43. The smallest absolute Gasteiger partial charge is 0.247 e. The van der Waals surface area contributed by atoms with Crippen molar-refractivity contribution >= 4 is 11.8 Å². The highest BCUT2D eigenvalue weighted by molar-refractivity contribution is 5.91. The number of benzene rings is 1. The number of hydrogen-bond donors (Lipinski definition) is 3. The Morgan fingerprint density at radius 1 is 1.15 bits per heavy atom. The van der Waals surface area contributed by atoms with E-state index in [4.69, 9.17) is 5.73 Å². The van der Waals surface area contributed by atoms with Crippen molar-refractivity contribution < 1.29 is 14.7 Å². The van der Waals surface area contributed by atoms with Gasteiger partial charge in [-0.05, 0) is 81.1 Å². The Kier molecular flexibility index (Phi) is 5.06. The number of piperidine rings is 1. The van der Waals surface area contributed by atoms with Gasteiger partial charge in [-0.15, -0.1) is 0 Å². The molecule has 6 aliphatic rings. The Morgan fingerprint density at radius 3 is 2.50 bits per heavy atom. The molecule has 1 aliphatic heterocycles. The fourth-order valence-electron chi connectivity index (χ4n) is 8.35. The number of likely N-dealkylation sites (tertiary alicyclic amines) is 1. The van der Waals surface area contributed by atoms with Crippen LogP contribution >= 0.6 is 0 Å². The monoisotopic (exact) mass is 462 g/mol. The minimum atomic E-state index is -0.770. The molecule has 1 aromatic rings. The van der Waals surface area contributed by atoms with Crippen LogP contribution in [0.4, 0.5) is 0 Å². The zero-order valence-electron chi connectivity index (χ0n) is 19.5. The van der Waals surface area contributed by atoms with E-state index in [0.29, 0.717) is 30.6 Å². The number of hydrogen-bond acceptors (Lipinski definition) is 5. The molecule has 5 saturated carbocycles. The maximum atomic E-state index is 14.1. The van der Waals surface area contributed by atoms with E-state index in [2.05, 4.69) is 11.4 Å². The van der Waals surface area contributed by atoms with Gasteiger partial charge < -0.3 is 21.1 Å². The number of nitriles is 1. The average Bonchev–Trinajstić information content (AvgIpc) is 3.45. The number of amides is 2. The number of nitrogens with one attached hydrogen (secondary N) is 1. The van der Waals surface area contributed by atoms with Crippen LogP contribution < -0.4 is 11.1 Å². The van der Waals surface area contributed by atoms with E-state index < -0.39 is 29.1 Å². The summed E-state index contributed by atoms with van der Waals surface area (Å²) in [5, 5.41) is 24.2. The summed E-state index contributed by atoms with van der Waals surface area (Å²) < 4.78 is 0.